The number of nitrogens with two attached hydrogens (primary N) is 1. The standard InChI is InChI=1S/C17H22N6O2S/c1-3-5-6-14-19-15(25-22-14)11-26-17-21-20-16(23(17)18)12-7-9-13(10-8-12)24-4-2/h7-10H,3-6,11,18H2,1-2H3. The van der Waals surface area contributed by atoms with Crippen molar-refractivity contribution < 1.29 is 9.26 Å². The normalized spacial score (nSPS) is 11.0. The summed E-state index contributed by atoms with van der Waals surface area (Å²) in [6, 6.07) is 7.59. The van der Waals surface area contributed by atoms with E-state index in [1.807, 2.05) is 31.2 Å². The lowest BCUT2D eigenvalue weighted by atomic mass is 10.2. The van der Waals surface area contributed by atoms with Crippen LogP contribution in [0.3, 0.4) is 0 Å². The Bertz CT molecular complexity index is 830. The molecule has 0 unspecified atom stereocenters. The highest BCUT2D eigenvalue weighted by Crippen LogP contribution is 2.25. The van der Waals surface area contributed by atoms with Crippen LogP contribution in [0, 0.1) is 0 Å². The van der Waals surface area contributed by atoms with Gasteiger partial charge in [-0.2, -0.15) is 4.98 Å². The van der Waals surface area contributed by atoms with Gasteiger partial charge in [-0.3, -0.25) is 0 Å². The van der Waals surface area contributed by atoms with Gasteiger partial charge in [0.25, 0.3) is 0 Å². The summed E-state index contributed by atoms with van der Waals surface area (Å²) in [5.74, 6) is 9.34. The van der Waals surface area contributed by atoms with Crippen molar-refractivity contribution in [3.63, 3.8) is 0 Å². The molecule has 2 aromatic heterocycles. The Morgan fingerprint density at radius 1 is 1.19 bits per heavy atom. The molecule has 0 radical (unpaired) electrons. The second kappa shape index (κ2) is 8.70. The summed E-state index contributed by atoms with van der Waals surface area (Å²) in [7, 11) is 0. The van der Waals surface area contributed by atoms with Crippen molar-refractivity contribution >= 4 is 11.8 Å². The Labute approximate surface area is 156 Å². The average Bonchev–Trinajstić information content (AvgIpc) is 3.26. The lowest BCUT2D eigenvalue weighted by Gasteiger charge is -2.05. The first-order valence-corrected chi connectivity index (χ1v) is 9.57. The van der Waals surface area contributed by atoms with Crippen molar-refractivity contribution in [1.82, 2.24) is 25.0 Å². The highest BCUT2D eigenvalue weighted by molar-refractivity contribution is 7.98. The van der Waals surface area contributed by atoms with Crippen LogP contribution < -0.4 is 10.6 Å². The zero-order valence-electron chi connectivity index (χ0n) is 14.9. The molecule has 138 valence electrons. The summed E-state index contributed by atoms with van der Waals surface area (Å²) in [6.07, 6.45) is 2.98. The fraction of sp³-hybridized carbons (Fsp3) is 0.412. The fourth-order valence-corrected chi connectivity index (χ4v) is 3.04. The Balaban J connectivity index is 1.64. The molecule has 0 fully saturated rings. The Kier molecular flexibility index (Phi) is 6.11. The van der Waals surface area contributed by atoms with Gasteiger partial charge < -0.3 is 15.1 Å². The van der Waals surface area contributed by atoms with E-state index in [1.54, 1.807) is 0 Å². The molecule has 1 aromatic carbocycles. The van der Waals surface area contributed by atoms with E-state index in [9.17, 15) is 0 Å². The topological polar surface area (TPSA) is 105 Å². The second-order valence-corrected chi connectivity index (χ2v) is 6.57. The average molecular weight is 374 g/mol. The first-order chi connectivity index (χ1) is 12.7. The molecule has 0 amide bonds. The molecular formula is C17H22N6O2S. The summed E-state index contributed by atoms with van der Waals surface area (Å²) in [5, 5.41) is 12.9. The molecule has 2 heterocycles. The van der Waals surface area contributed by atoms with E-state index in [4.69, 9.17) is 15.1 Å². The minimum absolute atomic E-state index is 0.498. The summed E-state index contributed by atoms with van der Waals surface area (Å²) < 4.78 is 12.2. The number of aryl methyl sites for hydroxylation is 1. The second-order valence-electron chi connectivity index (χ2n) is 5.63. The SMILES string of the molecule is CCCCc1noc(CSc2nnc(-c3ccc(OCC)cc3)n2N)n1. The molecular weight excluding hydrogens is 352 g/mol. The Morgan fingerprint density at radius 3 is 2.73 bits per heavy atom. The van der Waals surface area contributed by atoms with Gasteiger partial charge in [-0.1, -0.05) is 30.3 Å². The molecule has 3 aromatic rings. The molecule has 9 heteroatoms. The molecule has 0 atom stereocenters. The number of hydrogen-bond donors (Lipinski definition) is 1. The van der Waals surface area contributed by atoms with Crippen LogP contribution in [-0.2, 0) is 12.2 Å². The van der Waals surface area contributed by atoms with Gasteiger partial charge in [-0.15, -0.1) is 10.2 Å². The predicted molar refractivity (Wildman–Crippen MR) is 99.2 cm³/mol. The van der Waals surface area contributed by atoms with Gasteiger partial charge in [-0.05, 0) is 37.6 Å². The minimum Gasteiger partial charge on any atom is -0.494 e. The van der Waals surface area contributed by atoms with Gasteiger partial charge >= 0.3 is 0 Å². The number of benzene rings is 1. The summed E-state index contributed by atoms with van der Waals surface area (Å²) in [4.78, 5) is 4.37. The van der Waals surface area contributed by atoms with E-state index in [1.165, 1.54) is 16.4 Å². The number of rotatable bonds is 9. The van der Waals surface area contributed by atoms with E-state index in [-0.39, 0.29) is 0 Å². The molecule has 2 N–H and O–H groups in total. The maximum atomic E-state index is 6.14. The lowest BCUT2D eigenvalue weighted by molar-refractivity contribution is 0.340. The number of hydrogen-bond acceptors (Lipinski definition) is 8. The first-order valence-electron chi connectivity index (χ1n) is 8.59. The van der Waals surface area contributed by atoms with Crippen molar-refractivity contribution in [3.05, 3.63) is 36.0 Å². The van der Waals surface area contributed by atoms with Gasteiger partial charge in [0, 0.05) is 12.0 Å². The zero-order chi connectivity index (χ0) is 18.4. The monoisotopic (exact) mass is 374 g/mol. The quantitative estimate of drug-likeness (QED) is 0.450. The first kappa shape index (κ1) is 18.2. The number of unbranched alkanes of at least 4 members (excludes halogenated alkanes) is 1. The highest BCUT2D eigenvalue weighted by atomic mass is 32.2. The smallest absolute Gasteiger partial charge is 0.237 e. The van der Waals surface area contributed by atoms with Crippen molar-refractivity contribution in [2.75, 3.05) is 12.4 Å². The summed E-state index contributed by atoms with van der Waals surface area (Å²) >= 11 is 1.41. The molecule has 0 saturated heterocycles. The number of thioether (sulfide) groups is 1. The van der Waals surface area contributed by atoms with Gasteiger partial charge in [0.05, 0.1) is 12.4 Å². The van der Waals surface area contributed by atoms with E-state index in [0.717, 1.165) is 36.4 Å². The van der Waals surface area contributed by atoms with Crippen LogP contribution in [0.5, 0.6) is 5.75 Å². The van der Waals surface area contributed by atoms with Crippen LogP contribution in [0.1, 0.15) is 38.4 Å². The third-order valence-corrected chi connectivity index (χ3v) is 4.60. The Morgan fingerprint density at radius 2 is 2.00 bits per heavy atom. The third-order valence-electron chi connectivity index (χ3n) is 3.68. The maximum absolute atomic E-state index is 6.14. The third kappa shape index (κ3) is 4.34. The van der Waals surface area contributed by atoms with Crippen molar-refractivity contribution in [2.24, 2.45) is 0 Å². The zero-order valence-corrected chi connectivity index (χ0v) is 15.7. The fourth-order valence-electron chi connectivity index (χ4n) is 2.35. The van der Waals surface area contributed by atoms with E-state index >= 15 is 0 Å². The number of ether oxygens (including phenoxy) is 1. The maximum Gasteiger partial charge on any atom is 0.237 e. The van der Waals surface area contributed by atoms with E-state index < -0.39 is 0 Å². The van der Waals surface area contributed by atoms with Crippen LogP contribution in [-0.4, -0.2) is 31.6 Å². The molecule has 0 aliphatic heterocycles. The van der Waals surface area contributed by atoms with E-state index in [2.05, 4.69) is 27.3 Å². The summed E-state index contributed by atoms with van der Waals surface area (Å²) in [6.45, 7) is 4.71. The number of nitrogens with zero attached hydrogens (tertiary/aromatic N) is 5. The number of aromatic nitrogens is 5. The van der Waals surface area contributed by atoms with Crippen LogP contribution in [0.2, 0.25) is 0 Å². The van der Waals surface area contributed by atoms with Crippen molar-refractivity contribution in [1.29, 1.82) is 0 Å². The largest absolute Gasteiger partial charge is 0.494 e. The summed E-state index contributed by atoms with van der Waals surface area (Å²) in [5.41, 5.74) is 0.870. The van der Waals surface area contributed by atoms with Gasteiger partial charge in [0.15, 0.2) is 11.6 Å². The molecule has 0 aliphatic carbocycles. The van der Waals surface area contributed by atoms with Crippen LogP contribution >= 0.6 is 11.8 Å². The van der Waals surface area contributed by atoms with Gasteiger partial charge in [0.2, 0.25) is 11.0 Å². The number of nitrogen functional groups attached to an aromatic ring is 1. The van der Waals surface area contributed by atoms with E-state index in [0.29, 0.717) is 29.2 Å². The molecule has 26 heavy (non-hydrogen) atoms. The van der Waals surface area contributed by atoms with Gasteiger partial charge in [-0.25, -0.2) is 4.68 Å². The van der Waals surface area contributed by atoms with Crippen LogP contribution in [0.4, 0.5) is 0 Å². The predicted octanol–water partition coefficient (Wildman–Crippen LogP) is 3.08. The highest BCUT2D eigenvalue weighted by Gasteiger charge is 2.14. The molecule has 8 nitrogen and oxygen atoms in total. The van der Waals surface area contributed by atoms with Crippen molar-refractivity contribution in [2.45, 2.75) is 44.0 Å². The molecule has 0 saturated carbocycles. The lowest BCUT2D eigenvalue weighted by Crippen LogP contribution is -2.11. The van der Waals surface area contributed by atoms with Crippen LogP contribution in [0.15, 0.2) is 33.9 Å². The molecule has 0 bridgehead atoms. The molecule has 0 spiro atoms. The van der Waals surface area contributed by atoms with Crippen LogP contribution in [0.25, 0.3) is 11.4 Å². The minimum atomic E-state index is 0.498. The molecule has 0 aliphatic rings. The Hall–Kier alpha value is -2.55. The van der Waals surface area contributed by atoms with Gasteiger partial charge in [0.1, 0.15) is 5.75 Å². The van der Waals surface area contributed by atoms with Crippen molar-refractivity contribution in [3.8, 4) is 17.1 Å². The molecule has 3 rings (SSSR count).